The number of hydrogen-bond donors (Lipinski definition) is 1. The first-order chi connectivity index (χ1) is 17.6. The van der Waals surface area contributed by atoms with E-state index in [1.165, 1.54) is 11.1 Å². The summed E-state index contributed by atoms with van der Waals surface area (Å²) in [5.74, 6) is 0. The van der Waals surface area contributed by atoms with Crippen molar-refractivity contribution in [1.29, 1.82) is 0 Å². The number of piperidine rings is 1. The maximum atomic E-state index is 12.2. The van der Waals surface area contributed by atoms with Crippen LogP contribution in [0, 0.1) is 0 Å². The van der Waals surface area contributed by atoms with Crippen LogP contribution in [0.3, 0.4) is 0 Å². The van der Waals surface area contributed by atoms with Crippen molar-refractivity contribution in [3.8, 4) is 0 Å². The quantitative estimate of drug-likeness (QED) is 0.353. The van der Waals surface area contributed by atoms with Crippen LogP contribution in [0.15, 0.2) is 84.9 Å². The summed E-state index contributed by atoms with van der Waals surface area (Å²) >= 11 is 0. The Balaban J connectivity index is 1.36. The molecule has 7 heteroatoms. The van der Waals surface area contributed by atoms with Crippen molar-refractivity contribution in [1.82, 2.24) is 24.8 Å². The minimum Gasteiger partial charge on any atom is -0.465 e. The van der Waals surface area contributed by atoms with Gasteiger partial charge in [0.05, 0.1) is 11.6 Å². The number of benzene rings is 3. The summed E-state index contributed by atoms with van der Waals surface area (Å²) in [4.78, 5) is 16.3. The Morgan fingerprint density at radius 3 is 2.22 bits per heavy atom. The number of likely N-dealkylation sites (tertiary alicyclic amines) is 1. The molecule has 0 spiro atoms. The third-order valence-electron chi connectivity index (χ3n) is 7.35. The highest BCUT2D eigenvalue weighted by molar-refractivity contribution is 5.74. The molecule has 0 aliphatic carbocycles. The Kier molecular flexibility index (Phi) is 7.28. The molecule has 1 fully saturated rings. The molecule has 1 N–H and O–H groups in total. The van der Waals surface area contributed by atoms with E-state index in [1.807, 2.05) is 41.1 Å². The van der Waals surface area contributed by atoms with Crippen molar-refractivity contribution >= 4 is 17.1 Å². The third-order valence-corrected chi connectivity index (χ3v) is 7.35. The second kappa shape index (κ2) is 10.9. The van der Waals surface area contributed by atoms with E-state index in [1.54, 1.807) is 4.90 Å². The topological polar surface area (TPSA) is 74.5 Å². The highest BCUT2D eigenvalue weighted by atomic mass is 16.4. The first-order valence-corrected chi connectivity index (χ1v) is 12.7. The van der Waals surface area contributed by atoms with Gasteiger partial charge in [0, 0.05) is 31.7 Å². The number of aromatic nitrogens is 3. The fraction of sp³-hybridized carbons (Fsp3) is 0.345. The molecule has 2 heterocycles. The molecule has 186 valence electrons. The molecule has 3 unspecified atom stereocenters. The molecule has 7 nitrogen and oxygen atoms in total. The van der Waals surface area contributed by atoms with Gasteiger partial charge in [0.1, 0.15) is 5.52 Å². The lowest BCUT2D eigenvalue weighted by molar-refractivity contribution is 0.0670. The number of amides is 1. The van der Waals surface area contributed by atoms with E-state index < -0.39 is 6.09 Å². The second-order valence-electron chi connectivity index (χ2n) is 9.79. The molecule has 36 heavy (non-hydrogen) atoms. The summed E-state index contributed by atoms with van der Waals surface area (Å²) in [5, 5.41) is 18.8. The zero-order chi connectivity index (χ0) is 24.9. The predicted octanol–water partition coefficient (Wildman–Crippen LogP) is 5.60. The highest BCUT2D eigenvalue weighted by Crippen LogP contribution is 2.32. The van der Waals surface area contributed by atoms with Gasteiger partial charge in [0.15, 0.2) is 0 Å². The molecule has 1 amide bonds. The molecule has 0 saturated carbocycles. The summed E-state index contributed by atoms with van der Waals surface area (Å²) in [6.07, 6.45) is 1.39. The monoisotopic (exact) mass is 483 g/mol. The molecule has 0 radical (unpaired) electrons. The molecule has 3 atom stereocenters. The minimum atomic E-state index is -0.841. The van der Waals surface area contributed by atoms with E-state index in [4.69, 9.17) is 0 Å². The number of fused-ring (bicyclic) bond motifs is 1. The van der Waals surface area contributed by atoms with E-state index >= 15 is 0 Å². The van der Waals surface area contributed by atoms with Crippen molar-refractivity contribution in [2.24, 2.45) is 0 Å². The summed E-state index contributed by atoms with van der Waals surface area (Å²) < 4.78 is 2.00. The Hall–Kier alpha value is -3.71. The van der Waals surface area contributed by atoms with Gasteiger partial charge in [-0.1, -0.05) is 78.0 Å². The van der Waals surface area contributed by atoms with Crippen LogP contribution >= 0.6 is 0 Å². The molecule has 1 aliphatic heterocycles. The second-order valence-corrected chi connectivity index (χ2v) is 9.79. The van der Waals surface area contributed by atoms with Crippen LogP contribution in [-0.4, -0.2) is 54.6 Å². The van der Waals surface area contributed by atoms with Gasteiger partial charge in [-0.25, -0.2) is 9.48 Å². The fourth-order valence-corrected chi connectivity index (χ4v) is 5.43. The first kappa shape index (κ1) is 24.0. The van der Waals surface area contributed by atoms with Crippen LogP contribution in [0.1, 0.15) is 43.4 Å². The predicted molar refractivity (Wildman–Crippen MR) is 141 cm³/mol. The molecule has 1 aliphatic rings. The van der Waals surface area contributed by atoms with Gasteiger partial charge in [0.25, 0.3) is 0 Å². The van der Waals surface area contributed by atoms with Crippen LogP contribution < -0.4 is 0 Å². The average Bonchev–Trinajstić information content (AvgIpc) is 3.33. The zero-order valence-electron chi connectivity index (χ0n) is 20.6. The van der Waals surface area contributed by atoms with Crippen LogP contribution in [0.5, 0.6) is 0 Å². The number of rotatable bonds is 8. The number of nitrogens with zero attached hydrogens (tertiary/aromatic N) is 5. The maximum Gasteiger partial charge on any atom is 0.407 e. The molecular formula is C29H33N5O2. The van der Waals surface area contributed by atoms with E-state index in [-0.39, 0.29) is 18.1 Å². The van der Waals surface area contributed by atoms with Crippen LogP contribution in [0.2, 0.25) is 0 Å². The lowest BCUT2D eigenvalue weighted by Gasteiger charge is -2.41. The van der Waals surface area contributed by atoms with E-state index in [2.05, 4.69) is 70.7 Å². The van der Waals surface area contributed by atoms with Crippen molar-refractivity contribution in [3.05, 3.63) is 96.1 Å². The lowest BCUT2D eigenvalue weighted by atomic mass is 9.92. The van der Waals surface area contributed by atoms with Crippen LogP contribution in [0.4, 0.5) is 4.79 Å². The summed E-state index contributed by atoms with van der Waals surface area (Å²) in [7, 11) is 0. The van der Waals surface area contributed by atoms with Gasteiger partial charge in [-0.15, -0.1) is 5.10 Å². The highest BCUT2D eigenvalue weighted by Gasteiger charge is 2.35. The average molecular weight is 484 g/mol. The summed E-state index contributed by atoms with van der Waals surface area (Å²) in [6.45, 7) is 4.35. The molecule has 3 aromatic carbocycles. The Morgan fingerprint density at radius 2 is 1.58 bits per heavy atom. The SMILES string of the molecule is CC(CC1CC(n2nnc3ccccc32)CCN1C(=O)O)N(Cc1ccccc1)Cc1ccccc1. The molecule has 1 aromatic heterocycles. The van der Waals surface area contributed by atoms with Crippen LogP contribution in [0.25, 0.3) is 11.0 Å². The fourth-order valence-electron chi connectivity index (χ4n) is 5.43. The Labute approximate surface area is 212 Å². The van der Waals surface area contributed by atoms with Crippen molar-refractivity contribution in [2.75, 3.05) is 6.54 Å². The lowest BCUT2D eigenvalue weighted by Crippen LogP contribution is -2.49. The smallest absolute Gasteiger partial charge is 0.407 e. The number of para-hydroxylation sites is 1. The van der Waals surface area contributed by atoms with Crippen molar-refractivity contribution in [2.45, 2.75) is 57.4 Å². The summed E-state index contributed by atoms with van der Waals surface area (Å²) in [6, 6.07) is 29.2. The summed E-state index contributed by atoms with van der Waals surface area (Å²) in [5.41, 5.74) is 4.39. The molecular weight excluding hydrogens is 450 g/mol. The minimum absolute atomic E-state index is 0.0896. The van der Waals surface area contributed by atoms with Gasteiger partial charge in [-0.3, -0.25) is 4.90 Å². The molecule has 1 saturated heterocycles. The standard InChI is InChI=1S/C29H33N5O2/c1-22(32(20-23-10-4-2-5-11-23)21-24-12-6-3-7-13-24)18-26-19-25(16-17-33(26)29(35)36)34-28-15-9-8-14-27(28)30-31-34/h2-15,22,25-26H,16-21H2,1H3,(H,35,36). The number of hydrogen-bond acceptors (Lipinski definition) is 4. The van der Waals surface area contributed by atoms with E-state index in [0.717, 1.165) is 43.4 Å². The molecule has 0 bridgehead atoms. The number of carboxylic acid groups (broad SMARTS) is 1. The van der Waals surface area contributed by atoms with Crippen molar-refractivity contribution in [3.63, 3.8) is 0 Å². The normalized spacial score (nSPS) is 19.0. The number of carbonyl (C=O) groups is 1. The van der Waals surface area contributed by atoms with Gasteiger partial charge in [0.2, 0.25) is 0 Å². The van der Waals surface area contributed by atoms with E-state index in [0.29, 0.717) is 6.54 Å². The molecule has 4 aromatic rings. The Bertz CT molecular complexity index is 1240. The zero-order valence-corrected chi connectivity index (χ0v) is 20.6. The van der Waals surface area contributed by atoms with Gasteiger partial charge in [-0.2, -0.15) is 0 Å². The van der Waals surface area contributed by atoms with Gasteiger partial charge in [-0.05, 0) is 49.4 Å². The van der Waals surface area contributed by atoms with Gasteiger partial charge >= 0.3 is 6.09 Å². The third kappa shape index (κ3) is 5.41. The molecule has 5 rings (SSSR count). The first-order valence-electron chi connectivity index (χ1n) is 12.7. The van der Waals surface area contributed by atoms with Crippen molar-refractivity contribution < 1.29 is 9.90 Å². The van der Waals surface area contributed by atoms with Gasteiger partial charge < -0.3 is 10.0 Å². The van der Waals surface area contributed by atoms with Crippen LogP contribution in [-0.2, 0) is 13.1 Å². The largest absolute Gasteiger partial charge is 0.465 e. The van der Waals surface area contributed by atoms with E-state index in [9.17, 15) is 9.90 Å². The Morgan fingerprint density at radius 1 is 0.972 bits per heavy atom. The maximum absolute atomic E-state index is 12.2.